The van der Waals surface area contributed by atoms with Crippen LogP contribution in [0.3, 0.4) is 0 Å². The van der Waals surface area contributed by atoms with Crippen molar-refractivity contribution in [3.63, 3.8) is 0 Å². The van der Waals surface area contributed by atoms with E-state index in [-0.39, 0.29) is 16.3 Å². The van der Waals surface area contributed by atoms with Gasteiger partial charge >= 0.3 is 0 Å². The Morgan fingerprint density at radius 1 is 0.914 bits per heavy atom. The number of hydrazone groups is 1. The van der Waals surface area contributed by atoms with Crippen LogP contribution in [0.5, 0.6) is 0 Å². The van der Waals surface area contributed by atoms with Crippen molar-refractivity contribution in [1.82, 2.24) is 5.43 Å². The number of anilines is 1. The number of para-hydroxylation sites is 2. The summed E-state index contributed by atoms with van der Waals surface area (Å²) in [5.41, 5.74) is 2.13. The standard InChI is InChI=1S/C22H19N5O7S/c1-16(17-11-13-18(14-12-17)26(29)30)23-24-22(28)15-25(20-9-5-6-10-21(20)27(31)32)35(33,34)19-7-3-2-4-8-19/h2-14H,15H2,1H3,(H,24,28)/b23-16-. The normalized spacial score (nSPS) is 11.5. The van der Waals surface area contributed by atoms with Crippen molar-refractivity contribution in [3.8, 4) is 0 Å². The summed E-state index contributed by atoms with van der Waals surface area (Å²) in [6, 6.07) is 17.8. The van der Waals surface area contributed by atoms with E-state index in [0.717, 1.165) is 6.07 Å². The first-order valence-corrected chi connectivity index (χ1v) is 11.4. The lowest BCUT2D eigenvalue weighted by Gasteiger charge is -2.23. The van der Waals surface area contributed by atoms with Crippen LogP contribution in [0.2, 0.25) is 0 Å². The van der Waals surface area contributed by atoms with Crippen LogP contribution in [-0.2, 0) is 14.8 Å². The number of nitro groups is 2. The Bertz CT molecular complexity index is 1390. The molecule has 35 heavy (non-hydrogen) atoms. The summed E-state index contributed by atoms with van der Waals surface area (Å²) >= 11 is 0. The minimum absolute atomic E-state index is 0.114. The second kappa shape index (κ2) is 10.5. The number of carbonyl (C=O) groups is 1. The van der Waals surface area contributed by atoms with E-state index >= 15 is 0 Å². The van der Waals surface area contributed by atoms with Gasteiger partial charge in [0.2, 0.25) is 0 Å². The number of hydrogen-bond donors (Lipinski definition) is 1. The second-order valence-electron chi connectivity index (χ2n) is 7.11. The van der Waals surface area contributed by atoms with E-state index in [1.165, 1.54) is 66.7 Å². The first-order valence-electron chi connectivity index (χ1n) is 10.0. The van der Waals surface area contributed by atoms with Gasteiger partial charge in [0.05, 0.1) is 20.5 Å². The molecule has 0 aliphatic rings. The Kier molecular flexibility index (Phi) is 7.51. The van der Waals surface area contributed by atoms with Crippen LogP contribution in [0.15, 0.2) is 88.9 Å². The Labute approximate surface area is 199 Å². The van der Waals surface area contributed by atoms with E-state index < -0.39 is 38.0 Å². The summed E-state index contributed by atoms with van der Waals surface area (Å²) in [5.74, 6) is -0.857. The number of nitro benzene ring substituents is 2. The van der Waals surface area contributed by atoms with E-state index in [9.17, 15) is 33.4 Å². The summed E-state index contributed by atoms with van der Waals surface area (Å²) < 4.78 is 27.3. The number of rotatable bonds is 9. The van der Waals surface area contributed by atoms with Gasteiger partial charge < -0.3 is 0 Å². The largest absolute Gasteiger partial charge is 0.293 e. The van der Waals surface area contributed by atoms with Crippen molar-refractivity contribution in [1.29, 1.82) is 0 Å². The minimum atomic E-state index is -4.35. The molecule has 13 heteroatoms. The van der Waals surface area contributed by atoms with Gasteiger partial charge in [-0.15, -0.1) is 0 Å². The van der Waals surface area contributed by atoms with Gasteiger partial charge in [0.1, 0.15) is 12.2 Å². The molecule has 12 nitrogen and oxygen atoms in total. The molecule has 0 radical (unpaired) electrons. The van der Waals surface area contributed by atoms with Gasteiger partial charge in [0, 0.05) is 18.2 Å². The highest BCUT2D eigenvalue weighted by molar-refractivity contribution is 7.92. The first-order chi connectivity index (χ1) is 16.6. The zero-order chi connectivity index (χ0) is 25.6. The summed E-state index contributed by atoms with van der Waals surface area (Å²) in [6.07, 6.45) is 0. The smallest absolute Gasteiger partial charge is 0.271 e. The van der Waals surface area contributed by atoms with Gasteiger partial charge in [0.15, 0.2) is 0 Å². The molecule has 180 valence electrons. The molecule has 3 aromatic carbocycles. The molecule has 0 saturated heterocycles. The molecule has 0 spiro atoms. The third kappa shape index (κ3) is 5.83. The summed E-state index contributed by atoms with van der Waals surface area (Å²) in [7, 11) is -4.35. The van der Waals surface area contributed by atoms with E-state index in [0.29, 0.717) is 15.6 Å². The van der Waals surface area contributed by atoms with Crippen LogP contribution < -0.4 is 9.73 Å². The van der Waals surface area contributed by atoms with Crippen LogP contribution in [0.4, 0.5) is 17.1 Å². The molecule has 0 aliphatic carbocycles. The van der Waals surface area contributed by atoms with Crippen molar-refractivity contribution in [2.75, 3.05) is 10.8 Å². The third-order valence-corrected chi connectivity index (χ3v) is 6.58. The van der Waals surface area contributed by atoms with Crippen LogP contribution >= 0.6 is 0 Å². The molecule has 3 aromatic rings. The average Bonchev–Trinajstić information content (AvgIpc) is 2.86. The van der Waals surface area contributed by atoms with Crippen LogP contribution in [0.1, 0.15) is 12.5 Å². The van der Waals surface area contributed by atoms with Crippen LogP contribution in [0.25, 0.3) is 0 Å². The molecule has 0 bridgehead atoms. The van der Waals surface area contributed by atoms with Gasteiger partial charge in [-0.1, -0.05) is 30.3 Å². The summed E-state index contributed by atoms with van der Waals surface area (Å²) in [5, 5.41) is 26.2. The van der Waals surface area contributed by atoms with E-state index in [4.69, 9.17) is 0 Å². The fourth-order valence-corrected chi connectivity index (χ4v) is 4.51. The fourth-order valence-electron chi connectivity index (χ4n) is 3.05. The maximum absolute atomic E-state index is 13.3. The number of amides is 1. The Balaban J connectivity index is 1.91. The molecule has 0 unspecified atom stereocenters. The van der Waals surface area contributed by atoms with Crippen LogP contribution in [-0.4, -0.2) is 36.4 Å². The molecule has 0 aliphatic heterocycles. The van der Waals surface area contributed by atoms with Crippen LogP contribution in [0, 0.1) is 20.2 Å². The second-order valence-corrected chi connectivity index (χ2v) is 8.97. The Morgan fingerprint density at radius 3 is 2.11 bits per heavy atom. The highest BCUT2D eigenvalue weighted by Crippen LogP contribution is 2.31. The number of sulfonamides is 1. The van der Waals surface area contributed by atoms with Crippen molar-refractivity contribution in [2.24, 2.45) is 5.10 Å². The van der Waals surface area contributed by atoms with E-state index in [2.05, 4.69) is 10.5 Å². The Hall–Kier alpha value is -4.65. The van der Waals surface area contributed by atoms with E-state index in [1.54, 1.807) is 13.0 Å². The number of benzene rings is 3. The zero-order valence-corrected chi connectivity index (χ0v) is 19.1. The van der Waals surface area contributed by atoms with E-state index in [1.807, 2.05) is 0 Å². The predicted octanol–water partition coefficient (Wildman–Crippen LogP) is 3.24. The van der Waals surface area contributed by atoms with Gasteiger partial charge in [-0.05, 0) is 42.8 Å². The topological polar surface area (TPSA) is 165 Å². The van der Waals surface area contributed by atoms with Crippen molar-refractivity contribution >= 4 is 38.7 Å². The fraction of sp³-hybridized carbons (Fsp3) is 0.0909. The molecular weight excluding hydrogens is 478 g/mol. The number of nitrogens with one attached hydrogen (secondary N) is 1. The number of hydrogen-bond acceptors (Lipinski definition) is 8. The predicted molar refractivity (Wildman–Crippen MR) is 128 cm³/mol. The lowest BCUT2D eigenvalue weighted by atomic mass is 10.1. The van der Waals surface area contributed by atoms with Crippen molar-refractivity contribution < 1.29 is 23.1 Å². The maximum Gasteiger partial charge on any atom is 0.293 e. The minimum Gasteiger partial charge on any atom is -0.271 e. The molecule has 3 rings (SSSR count). The SMILES string of the molecule is C/C(=N/NC(=O)CN(c1ccccc1[N+](=O)[O-])S(=O)(=O)c1ccccc1)c1ccc([N+](=O)[O-])cc1. The molecule has 0 heterocycles. The summed E-state index contributed by atoms with van der Waals surface area (Å²) in [4.78, 5) is 33.6. The molecule has 0 aromatic heterocycles. The third-order valence-electron chi connectivity index (χ3n) is 4.81. The van der Waals surface area contributed by atoms with Crippen molar-refractivity contribution in [3.05, 3.63) is 105 Å². The molecule has 0 saturated carbocycles. The summed E-state index contributed by atoms with van der Waals surface area (Å²) in [6.45, 7) is 0.751. The first kappa shape index (κ1) is 25.0. The molecule has 0 atom stereocenters. The highest BCUT2D eigenvalue weighted by atomic mass is 32.2. The number of carbonyl (C=O) groups excluding carboxylic acids is 1. The molecule has 1 N–H and O–H groups in total. The zero-order valence-electron chi connectivity index (χ0n) is 18.3. The van der Waals surface area contributed by atoms with Gasteiger partial charge in [0.25, 0.3) is 27.3 Å². The quantitative estimate of drug-likeness (QED) is 0.269. The van der Waals surface area contributed by atoms with Gasteiger partial charge in [-0.25, -0.2) is 18.1 Å². The van der Waals surface area contributed by atoms with Gasteiger partial charge in [-0.3, -0.25) is 25.0 Å². The molecule has 1 amide bonds. The highest BCUT2D eigenvalue weighted by Gasteiger charge is 2.31. The monoisotopic (exact) mass is 497 g/mol. The Morgan fingerprint density at radius 2 is 1.51 bits per heavy atom. The number of non-ortho nitro benzene ring substituents is 1. The maximum atomic E-state index is 13.3. The number of nitrogens with zero attached hydrogens (tertiary/aromatic N) is 4. The van der Waals surface area contributed by atoms with Crippen molar-refractivity contribution in [2.45, 2.75) is 11.8 Å². The molecule has 0 fully saturated rings. The molecular formula is C22H19N5O7S. The lowest BCUT2D eigenvalue weighted by molar-refractivity contribution is -0.384. The van der Waals surface area contributed by atoms with Gasteiger partial charge in [-0.2, -0.15) is 5.10 Å². The average molecular weight is 497 g/mol. The lowest BCUT2D eigenvalue weighted by Crippen LogP contribution is -2.40.